The first-order valence-electron chi connectivity index (χ1n) is 5.69. The average Bonchev–Trinajstić information content (AvgIpc) is 2.30. The first-order chi connectivity index (χ1) is 9.19. The fourth-order valence-electron chi connectivity index (χ4n) is 1.35. The zero-order valence-corrected chi connectivity index (χ0v) is 12.3. The number of nitrogen functional groups attached to an aromatic ring is 1. The van der Waals surface area contributed by atoms with Gasteiger partial charge in [-0.1, -0.05) is 0 Å². The monoisotopic (exact) mass is 354 g/mol. The number of nitrogens with one attached hydrogen (secondary N) is 1. The SMILES string of the molecule is Cc1cc(Br)c(NC(=O)CCOCC(F)(F)F)cc1N. The molecule has 0 saturated heterocycles. The second-order valence-corrected chi connectivity index (χ2v) is 5.01. The van der Waals surface area contributed by atoms with E-state index < -0.39 is 18.7 Å². The van der Waals surface area contributed by atoms with E-state index in [0.717, 1.165) is 5.56 Å². The Morgan fingerprint density at radius 2 is 2.10 bits per heavy atom. The van der Waals surface area contributed by atoms with Crippen molar-refractivity contribution in [3.05, 3.63) is 22.2 Å². The van der Waals surface area contributed by atoms with Gasteiger partial charge < -0.3 is 15.8 Å². The van der Waals surface area contributed by atoms with Gasteiger partial charge in [-0.15, -0.1) is 0 Å². The summed E-state index contributed by atoms with van der Waals surface area (Å²) in [5.74, 6) is -0.448. The lowest BCUT2D eigenvalue weighted by molar-refractivity contribution is -0.174. The van der Waals surface area contributed by atoms with Crippen molar-refractivity contribution in [1.29, 1.82) is 0 Å². The number of hydrogen-bond donors (Lipinski definition) is 2. The van der Waals surface area contributed by atoms with Gasteiger partial charge in [-0.25, -0.2) is 0 Å². The number of hydrogen-bond acceptors (Lipinski definition) is 3. The number of carbonyl (C=O) groups is 1. The van der Waals surface area contributed by atoms with Crippen molar-refractivity contribution in [2.45, 2.75) is 19.5 Å². The predicted molar refractivity (Wildman–Crippen MR) is 73.4 cm³/mol. The molecule has 0 aliphatic carbocycles. The number of amides is 1. The molecule has 20 heavy (non-hydrogen) atoms. The highest BCUT2D eigenvalue weighted by molar-refractivity contribution is 9.10. The Bertz CT molecular complexity index is 492. The van der Waals surface area contributed by atoms with Crippen LogP contribution in [0.1, 0.15) is 12.0 Å². The van der Waals surface area contributed by atoms with E-state index in [9.17, 15) is 18.0 Å². The van der Waals surface area contributed by atoms with Crippen molar-refractivity contribution in [2.75, 3.05) is 24.3 Å². The summed E-state index contributed by atoms with van der Waals surface area (Å²) in [6, 6.07) is 3.32. The van der Waals surface area contributed by atoms with Crippen LogP contribution < -0.4 is 11.1 Å². The summed E-state index contributed by atoms with van der Waals surface area (Å²) in [4.78, 5) is 11.6. The van der Waals surface area contributed by atoms with Gasteiger partial charge in [-0.05, 0) is 40.5 Å². The number of anilines is 2. The standard InChI is InChI=1S/C12H14BrF3N2O2/c1-7-4-8(13)10(5-9(7)17)18-11(19)2-3-20-6-12(14,15)16/h4-5H,2-3,6,17H2,1H3,(H,18,19). The van der Waals surface area contributed by atoms with Crippen LogP contribution in [-0.4, -0.2) is 25.3 Å². The Morgan fingerprint density at radius 3 is 2.70 bits per heavy atom. The maximum absolute atomic E-state index is 11.8. The molecule has 0 fully saturated rings. The lowest BCUT2D eigenvalue weighted by atomic mass is 10.2. The zero-order valence-electron chi connectivity index (χ0n) is 10.7. The molecule has 112 valence electrons. The molecule has 0 unspecified atom stereocenters. The molecule has 0 atom stereocenters. The number of benzene rings is 1. The van der Waals surface area contributed by atoms with E-state index in [0.29, 0.717) is 15.8 Å². The second kappa shape index (κ2) is 6.94. The van der Waals surface area contributed by atoms with E-state index in [-0.39, 0.29) is 13.0 Å². The second-order valence-electron chi connectivity index (χ2n) is 4.15. The minimum atomic E-state index is -4.38. The van der Waals surface area contributed by atoms with E-state index in [1.165, 1.54) is 0 Å². The fraction of sp³-hybridized carbons (Fsp3) is 0.417. The number of halogens is 4. The summed E-state index contributed by atoms with van der Waals surface area (Å²) in [7, 11) is 0. The van der Waals surface area contributed by atoms with Crippen molar-refractivity contribution in [3.63, 3.8) is 0 Å². The van der Waals surface area contributed by atoms with Crippen molar-refractivity contribution in [1.82, 2.24) is 0 Å². The maximum atomic E-state index is 11.8. The van der Waals surface area contributed by atoms with Gasteiger partial charge in [0.05, 0.1) is 18.7 Å². The van der Waals surface area contributed by atoms with Gasteiger partial charge in [0.15, 0.2) is 0 Å². The van der Waals surface area contributed by atoms with Crippen LogP contribution in [0.4, 0.5) is 24.5 Å². The Kier molecular flexibility index (Phi) is 5.82. The van der Waals surface area contributed by atoms with Crippen molar-refractivity contribution in [3.8, 4) is 0 Å². The van der Waals surface area contributed by atoms with Crippen LogP contribution in [0.25, 0.3) is 0 Å². The minimum Gasteiger partial charge on any atom is -0.398 e. The molecule has 3 N–H and O–H groups in total. The van der Waals surface area contributed by atoms with Crippen LogP contribution in [-0.2, 0) is 9.53 Å². The highest BCUT2D eigenvalue weighted by Crippen LogP contribution is 2.27. The van der Waals surface area contributed by atoms with E-state index in [1.807, 2.05) is 6.92 Å². The van der Waals surface area contributed by atoms with E-state index in [2.05, 4.69) is 26.0 Å². The molecule has 0 saturated carbocycles. The third kappa shape index (κ3) is 5.79. The summed E-state index contributed by atoms with van der Waals surface area (Å²) >= 11 is 3.27. The third-order valence-corrected chi connectivity index (χ3v) is 3.03. The van der Waals surface area contributed by atoms with E-state index >= 15 is 0 Å². The number of carbonyl (C=O) groups excluding carboxylic acids is 1. The van der Waals surface area contributed by atoms with Gasteiger partial charge >= 0.3 is 6.18 Å². The van der Waals surface area contributed by atoms with Crippen molar-refractivity contribution in [2.24, 2.45) is 0 Å². The summed E-state index contributed by atoms with van der Waals surface area (Å²) in [5, 5.41) is 2.55. The van der Waals surface area contributed by atoms with E-state index in [1.54, 1.807) is 12.1 Å². The molecule has 1 aromatic rings. The third-order valence-electron chi connectivity index (χ3n) is 2.37. The van der Waals surface area contributed by atoms with Crippen LogP contribution in [0.3, 0.4) is 0 Å². The highest BCUT2D eigenvalue weighted by atomic mass is 79.9. The van der Waals surface area contributed by atoms with Crippen molar-refractivity contribution < 1.29 is 22.7 Å². The molecular weight excluding hydrogens is 341 g/mol. The molecule has 0 radical (unpaired) electrons. The van der Waals surface area contributed by atoms with Gasteiger partial charge in [0.25, 0.3) is 0 Å². The summed E-state index contributed by atoms with van der Waals surface area (Å²) in [5.41, 5.74) is 7.54. The van der Waals surface area contributed by atoms with Gasteiger partial charge in [-0.3, -0.25) is 4.79 Å². The van der Waals surface area contributed by atoms with Crippen molar-refractivity contribution >= 4 is 33.2 Å². The molecule has 1 aromatic carbocycles. The smallest absolute Gasteiger partial charge is 0.398 e. The fourth-order valence-corrected chi connectivity index (χ4v) is 1.91. The molecule has 0 aromatic heterocycles. The number of ether oxygens (including phenoxy) is 1. The Hall–Kier alpha value is -1.28. The highest BCUT2D eigenvalue weighted by Gasteiger charge is 2.27. The molecule has 0 bridgehead atoms. The van der Waals surface area contributed by atoms with Crippen LogP contribution in [0.2, 0.25) is 0 Å². The Labute approximate surface area is 122 Å². The minimum absolute atomic E-state index is 0.170. The first kappa shape index (κ1) is 16.8. The molecule has 0 aliphatic heterocycles. The molecule has 0 heterocycles. The van der Waals surface area contributed by atoms with Crippen LogP contribution in [0.5, 0.6) is 0 Å². The molecule has 1 amide bonds. The van der Waals surface area contributed by atoms with Gasteiger partial charge in [0, 0.05) is 10.2 Å². The molecule has 1 rings (SSSR count). The molecule has 0 spiro atoms. The lowest BCUT2D eigenvalue weighted by Crippen LogP contribution is -2.20. The molecule has 4 nitrogen and oxygen atoms in total. The molecule has 0 aliphatic rings. The number of rotatable bonds is 5. The van der Waals surface area contributed by atoms with Gasteiger partial charge in [0.1, 0.15) is 6.61 Å². The number of nitrogens with two attached hydrogens (primary N) is 1. The molecule has 8 heteroatoms. The van der Waals surface area contributed by atoms with Crippen LogP contribution in [0.15, 0.2) is 16.6 Å². The quantitative estimate of drug-likeness (QED) is 0.630. The zero-order chi connectivity index (χ0) is 15.3. The Balaban J connectivity index is 2.45. The first-order valence-corrected chi connectivity index (χ1v) is 6.48. The van der Waals surface area contributed by atoms with Gasteiger partial charge in [-0.2, -0.15) is 13.2 Å². The summed E-state index contributed by atoms with van der Waals surface area (Å²) in [6.07, 6.45) is -4.55. The molecular formula is C12H14BrF3N2O2. The van der Waals surface area contributed by atoms with Crippen LogP contribution >= 0.6 is 15.9 Å². The van der Waals surface area contributed by atoms with Crippen LogP contribution in [0, 0.1) is 6.92 Å². The lowest BCUT2D eigenvalue weighted by Gasteiger charge is -2.11. The number of alkyl halides is 3. The van der Waals surface area contributed by atoms with Gasteiger partial charge in [0.2, 0.25) is 5.91 Å². The summed E-state index contributed by atoms with van der Waals surface area (Å²) < 4.78 is 40.5. The van der Waals surface area contributed by atoms with E-state index in [4.69, 9.17) is 5.73 Å². The maximum Gasteiger partial charge on any atom is 0.411 e. The Morgan fingerprint density at radius 1 is 1.45 bits per heavy atom. The normalized spacial score (nSPS) is 11.4. The largest absolute Gasteiger partial charge is 0.411 e. The number of aryl methyl sites for hydroxylation is 1. The predicted octanol–water partition coefficient (Wildman–Crippen LogP) is 3.25. The summed E-state index contributed by atoms with van der Waals surface area (Å²) in [6.45, 7) is 0.155. The average molecular weight is 355 g/mol. The topological polar surface area (TPSA) is 64.3 Å².